The van der Waals surface area contributed by atoms with Crippen molar-refractivity contribution in [3.05, 3.63) is 53.3 Å². The van der Waals surface area contributed by atoms with E-state index in [4.69, 9.17) is 11.6 Å². The number of fused-ring (bicyclic) bond motifs is 1. The van der Waals surface area contributed by atoms with E-state index in [1.54, 1.807) is 18.2 Å². The lowest BCUT2D eigenvalue weighted by atomic mass is 9.87. The first kappa shape index (κ1) is 16.3. The number of nitrogens with one attached hydrogen (secondary N) is 3. The molecule has 2 amide bonds. The van der Waals surface area contributed by atoms with Crippen molar-refractivity contribution in [2.75, 3.05) is 10.6 Å². The summed E-state index contributed by atoms with van der Waals surface area (Å²) < 4.78 is 0. The maximum atomic E-state index is 12.1. The molecule has 1 aromatic heterocycles. The van der Waals surface area contributed by atoms with Gasteiger partial charge in [-0.2, -0.15) is 0 Å². The molecule has 0 spiro atoms. The summed E-state index contributed by atoms with van der Waals surface area (Å²) in [5, 5.41) is 5.94. The van der Waals surface area contributed by atoms with E-state index in [1.807, 2.05) is 24.3 Å². The van der Waals surface area contributed by atoms with Crippen LogP contribution >= 0.6 is 11.6 Å². The van der Waals surface area contributed by atoms with Gasteiger partial charge in [0.15, 0.2) is 0 Å². The molecule has 0 aliphatic rings. The number of anilines is 2. The molecule has 0 aliphatic carbocycles. The van der Waals surface area contributed by atoms with Crippen molar-refractivity contribution in [1.82, 2.24) is 9.97 Å². The van der Waals surface area contributed by atoms with Crippen LogP contribution in [0.5, 0.6) is 0 Å². The third kappa shape index (κ3) is 3.68. The molecule has 124 valence electrons. The molecule has 5 nitrogen and oxygen atoms in total. The minimum absolute atomic E-state index is 0.0849. The molecule has 0 unspecified atom stereocenters. The van der Waals surface area contributed by atoms with Gasteiger partial charge in [0, 0.05) is 11.4 Å². The second kappa shape index (κ2) is 6.17. The number of H-pyrrole nitrogens is 1. The summed E-state index contributed by atoms with van der Waals surface area (Å²) in [5.74, 6) is 0. The van der Waals surface area contributed by atoms with Gasteiger partial charge in [-0.1, -0.05) is 32.9 Å². The van der Waals surface area contributed by atoms with Crippen LogP contribution in [-0.4, -0.2) is 16.0 Å². The molecule has 0 saturated heterocycles. The Balaban J connectivity index is 1.68. The van der Waals surface area contributed by atoms with Gasteiger partial charge in [-0.3, -0.25) is 0 Å². The fraction of sp³-hybridized carbons (Fsp3) is 0.222. The highest BCUT2D eigenvalue weighted by Gasteiger charge is 2.13. The van der Waals surface area contributed by atoms with E-state index < -0.39 is 0 Å². The number of imidazole rings is 1. The Morgan fingerprint density at radius 3 is 2.33 bits per heavy atom. The molecular weight excluding hydrogens is 324 g/mol. The zero-order chi connectivity index (χ0) is 17.3. The Morgan fingerprint density at radius 2 is 1.67 bits per heavy atom. The van der Waals surface area contributed by atoms with E-state index in [2.05, 4.69) is 41.4 Å². The monoisotopic (exact) mass is 342 g/mol. The van der Waals surface area contributed by atoms with Gasteiger partial charge in [0.25, 0.3) is 0 Å². The standard InChI is InChI=1S/C18H19ClN4O/c1-18(2,3)11-4-6-12(7-5-11)20-17(24)21-13-8-9-14-15(10-13)23-16(19)22-14/h4-10H,1-3H3,(H,22,23)(H2,20,21,24). The lowest BCUT2D eigenvalue weighted by molar-refractivity contribution is 0.262. The van der Waals surface area contributed by atoms with Crippen LogP contribution in [0.3, 0.4) is 0 Å². The maximum absolute atomic E-state index is 12.1. The van der Waals surface area contributed by atoms with Gasteiger partial charge in [0.1, 0.15) is 0 Å². The first-order chi connectivity index (χ1) is 11.3. The number of nitrogens with zero attached hydrogens (tertiary/aromatic N) is 1. The van der Waals surface area contributed by atoms with E-state index in [1.165, 1.54) is 5.56 Å². The quantitative estimate of drug-likeness (QED) is 0.602. The van der Waals surface area contributed by atoms with Crippen molar-refractivity contribution in [3.8, 4) is 0 Å². The molecule has 0 aliphatic heterocycles. The number of halogens is 1. The predicted molar refractivity (Wildman–Crippen MR) is 98.9 cm³/mol. The molecule has 1 heterocycles. The van der Waals surface area contributed by atoms with Crippen LogP contribution in [0.2, 0.25) is 5.28 Å². The first-order valence-corrected chi connectivity index (χ1v) is 8.03. The Kier molecular flexibility index (Phi) is 4.20. The van der Waals surface area contributed by atoms with Crippen LogP contribution < -0.4 is 10.6 Å². The molecule has 3 N–H and O–H groups in total. The van der Waals surface area contributed by atoms with Gasteiger partial charge in [-0.05, 0) is 52.9 Å². The first-order valence-electron chi connectivity index (χ1n) is 7.65. The molecule has 0 saturated carbocycles. The second-order valence-corrected chi connectivity index (χ2v) is 7.02. The number of hydrogen-bond donors (Lipinski definition) is 3. The highest BCUT2D eigenvalue weighted by molar-refractivity contribution is 6.29. The number of amides is 2. The Labute approximate surface area is 145 Å². The number of rotatable bonds is 2. The lowest BCUT2D eigenvalue weighted by Gasteiger charge is -2.19. The van der Waals surface area contributed by atoms with Gasteiger partial charge >= 0.3 is 6.03 Å². The molecule has 0 atom stereocenters. The van der Waals surface area contributed by atoms with Crippen LogP contribution in [0, 0.1) is 0 Å². The number of carbonyl (C=O) groups is 1. The summed E-state index contributed by atoms with van der Waals surface area (Å²) in [5.41, 5.74) is 4.23. The molecule has 3 aromatic rings. The Morgan fingerprint density at radius 1 is 1.04 bits per heavy atom. The van der Waals surface area contributed by atoms with Crippen molar-refractivity contribution in [3.63, 3.8) is 0 Å². The van der Waals surface area contributed by atoms with E-state index in [0.29, 0.717) is 11.0 Å². The fourth-order valence-electron chi connectivity index (χ4n) is 2.40. The largest absolute Gasteiger partial charge is 0.329 e. The number of carbonyl (C=O) groups excluding carboxylic acids is 1. The minimum atomic E-state index is -0.302. The fourth-order valence-corrected chi connectivity index (χ4v) is 2.60. The maximum Gasteiger partial charge on any atom is 0.323 e. The Bertz CT molecular complexity index is 878. The van der Waals surface area contributed by atoms with Gasteiger partial charge < -0.3 is 15.6 Å². The zero-order valence-corrected chi connectivity index (χ0v) is 14.5. The van der Waals surface area contributed by atoms with Crippen molar-refractivity contribution >= 4 is 40.0 Å². The zero-order valence-electron chi connectivity index (χ0n) is 13.8. The third-order valence-corrected chi connectivity index (χ3v) is 3.90. The smallest absolute Gasteiger partial charge is 0.323 e. The normalized spacial score (nSPS) is 11.5. The molecular formula is C18H19ClN4O. The molecule has 3 rings (SSSR count). The summed E-state index contributed by atoms with van der Waals surface area (Å²) in [6.45, 7) is 6.46. The SMILES string of the molecule is CC(C)(C)c1ccc(NC(=O)Nc2ccc3nc(Cl)[nH]c3c2)cc1. The lowest BCUT2D eigenvalue weighted by Crippen LogP contribution is -2.19. The van der Waals surface area contributed by atoms with Crippen molar-refractivity contribution < 1.29 is 4.79 Å². The summed E-state index contributed by atoms with van der Waals surface area (Å²) in [7, 11) is 0. The predicted octanol–water partition coefficient (Wildman–Crippen LogP) is 5.16. The number of aromatic nitrogens is 2. The van der Waals surface area contributed by atoms with Crippen LogP contribution in [-0.2, 0) is 5.41 Å². The number of urea groups is 1. The molecule has 0 radical (unpaired) electrons. The van der Waals surface area contributed by atoms with Crippen molar-refractivity contribution in [2.24, 2.45) is 0 Å². The average Bonchev–Trinajstić information content (AvgIpc) is 2.86. The summed E-state index contributed by atoms with van der Waals surface area (Å²) in [6.07, 6.45) is 0. The van der Waals surface area contributed by atoms with Gasteiger partial charge in [0.2, 0.25) is 5.28 Å². The van der Waals surface area contributed by atoms with Crippen molar-refractivity contribution in [1.29, 1.82) is 0 Å². The summed E-state index contributed by atoms with van der Waals surface area (Å²) in [6, 6.07) is 12.9. The van der Waals surface area contributed by atoms with E-state index in [-0.39, 0.29) is 11.4 Å². The molecule has 24 heavy (non-hydrogen) atoms. The van der Waals surface area contributed by atoms with Crippen LogP contribution in [0.15, 0.2) is 42.5 Å². The van der Waals surface area contributed by atoms with Gasteiger partial charge in [-0.25, -0.2) is 9.78 Å². The average molecular weight is 343 g/mol. The van der Waals surface area contributed by atoms with Crippen LogP contribution in [0.4, 0.5) is 16.2 Å². The molecule has 0 fully saturated rings. The second-order valence-electron chi connectivity index (χ2n) is 6.67. The van der Waals surface area contributed by atoms with Crippen LogP contribution in [0.25, 0.3) is 11.0 Å². The Hall–Kier alpha value is -2.53. The minimum Gasteiger partial charge on any atom is -0.329 e. The van der Waals surface area contributed by atoms with E-state index in [9.17, 15) is 4.79 Å². The third-order valence-electron chi connectivity index (χ3n) is 3.72. The van der Waals surface area contributed by atoms with Crippen LogP contribution in [0.1, 0.15) is 26.3 Å². The summed E-state index contributed by atoms with van der Waals surface area (Å²) >= 11 is 5.83. The van der Waals surface area contributed by atoms with E-state index >= 15 is 0 Å². The number of aromatic amines is 1. The number of benzene rings is 2. The molecule has 6 heteroatoms. The highest BCUT2D eigenvalue weighted by Crippen LogP contribution is 2.24. The highest BCUT2D eigenvalue weighted by atomic mass is 35.5. The van der Waals surface area contributed by atoms with Gasteiger partial charge in [-0.15, -0.1) is 0 Å². The molecule has 2 aromatic carbocycles. The van der Waals surface area contributed by atoms with Crippen molar-refractivity contribution in [2.45, 2.75) is 26.2 Å². The molecule has 0 bridgehead atoms. The van der Waals surface area contributed by atoms with E-state index in [0.717, 1.165) is 16.7 Å². The summed E-state index contributed by atoms with van der Waals surface area (Å²) in [4.78, 5) is 19.2. The van der Waals surface area contributed by atoms with Gasteiger partial charge in [0.05, 0.1) is 11.0 Å². The number of hydrogen-bond acceptors (Lipinski definition) is 2. The topological polar surface area (TPSA) is 69.8 Å².